The molecular weight excluding hydrogens is 432 g/mol. The third-order valence-electron chi connectivity index (χ3n) is 4.01. The molecule has 0 atom stereocenters. The van der Waals surface area contributed by atoms with E-state index in [2.05, 4.69) is 10.6 Å². The van der Waals surface area contributed by atoms with Crippen LogP contribution in [0, 0.1) is 13.8 Å². The molecule has 0 aliphatic carbocycles. The Morgan fingerprint density at radius 1 is 0.767 bits per heavy atom. The van der Waals surface area contributed by atoms with E-state index in [1.54, 1.807) is 26.0 Å². The standard InChI is InChI=1S/C19H24N2O7S2/c1-5-29(23,24)27-17-9-7-15(11-13(17)3)20-19(22)21-16-8-10-18(14(4)12-16)28-30(25,26)6-2/h7-12H,5-6H2,1-4H3,(H2,20,21,22). The van der Waals surface area contributed by atoms with Gasteiger partial charge in [-0.3, -0.25) is 0 Å². The van der Waals surface area contributed by atoms with Crippen molar-refractivity contribution >= 4 is 37.6 Å². The summed E-state index contributed by atoms with van der Waals surface area (Å²) in [5.74, 6) is 0.0809. The quantitative estimate of drug-likeness (QED) is 0.583. The lowest BCUT2D eigenvalue weighted by molar-refractivity contribution is 0.262. The minimum absolute atomic E-state index is 0.150. The van der Waals surface area contributed by atoms with E-state index in [0.29, 0.717) is 22.5 Å². The van der Waals surface area contributed by atoms with E-state index in [1.165, 1.54) is 38.1 Å². The summed E-state index contributed by atoms with van der Waals surface area (Å²) in [5, 5.41) is 5.27. The summed E-state index contributed by atoms with van der Waals surface area (Å²) in [6.07, 6.45) is 0. The highest BCUT2D eigenvalue weighted by atomic mass is 32.2. The van der Waals surface area contributed by atoms with Gasteiger partial charge in [0.15, 0.2) is 0 Å². The molecule has 30 heavy (non-hydrogen) atoms. The van der Waals surface area contributed by atoms with Gasteiger partial charge >= 0.3 is 26.3 Å². The Morgan fingerprint density at radius 3 is 1.43 bits per heavy atom. The molecule has 0 aromatic heterocycles. The highest BCUT2D eigenvalue weighted by Crippen LogP contribution is 2.25. The Balaban J connectivity index is 2.05. The van der Waals surface area contributed by atoms with Gasteiger partial charge in [0, 0.05) is 11.4 Å². The van der Waals surface area contributed by atoms with Crippen molar-refractivity contribution in [3.8, 4) is 11.5 Å². The number of carbonyl (C=O) groups excluding carboxylic acids is 1. The van der Waals surface area contributed by atoms with Crippen LogP contribution < -0.4 is 19.0 Å². The molecule has 2 rings (SSSR count). The first-order valence-corrected chi connectivity index (χ1v) is 12.2. The summed E-state index contributed by atoms with van der Waals surface area (Å²) in [6, 6.07) is 8.59. The van der Waals surface area contributed by atoms with Crippen LogP contribution in [0.2, 0.25) is 0 Å². The van der Waals surface area contributed by atoms with E-state index < -0.39 is 26.3 Å². The largest absolute Gasteiger partial charge is 0.382 e. The predicted molar refractivity (Wildman–Crippen MR) is 115 cm³/mol. The second kappa shape index (κ2) is 9.35. The Morgan fingerprint density at radius 2 is 1.13 bits per heavy atom. The molecule has 0 saturated carbocycles. The van der Waals surface area contributed by atoms with Gasteiger partial charge in [0.2, 0.25) is 0 Å². The molecule has 2 N–H and O–H groups in total. The fourth-order valence-corrected chi connectivity index (χ4v) is 3.48. The van der Waals surface area contributed by atoms with Crippen LogP contribution in [0.5, 0.6) is 11.5 Å². The fraction of sp³-hybridized carbons (Fsp3) is 0.316. The lowest BCUT2D eigenvalue weighted by Gasteiger charge is -2.13. The zero-order valence-electron chi connectivity index (χ0n) is 17.1. The van der Waals surface area contributed by atoms with E-state index in [0.717, 1.165) is 0 Å². The van der Waals surface area contributed by atoms with Gasteiger partial charge in [-0.1, -0.05) is 0 Å². The van der Waals surface area contributed by atoms with Crippen LogP contribution in [0.1, 0.15) is 25.0 Å². The number of amides is 2. The monoisotopic (exact) mass is 456 g/mol. The lowest BCUT2D eigenvalue weighted by atomic mass is 10.2. The highest BCUT2D eigenvalue weighted by molar-refractivity contribution is 7.87. The SMILES string of the molecule is CCS(=O)(=O)Oc1ccc(NC(=O)Nc2ccc(OS(=O)(=O)CC)c(C)c2)cc1C. The second-order valence-electron chi connectivity index (χ2n) is 6.40. The number of rotatable bonds is 8. The summed E-state index contributed by atoms with van der Waals surface area (Å²) >= 11 is 0. The van der Waals surface area contributed by atoms with Gasteiger partial charge in [0.1, 0.15) is 11.5 Å². The number of hydrogen-bond acceptors (Lipinski definition) is 7. The van der Waals surface area contributed by atoms with E-state index in [9.17, 15) is 21.6 Å². The van der Waals surface area contributed by atoms with Gasteiger partial charge in [0.25, 0.3) is 0 Å². The number of aryl methyl sites for hydroxylation is 2. The molecule has 0 fully saturated rings. The van der Waals surface area contributed by atoms with Crippen LogP contribution in [0.25, 0.3) is 0 Å². The minimum atomic E-state index is -3.64. The van der Waals surface area contributed by atoms with Crippen molar-refractivity contribution in [2.24, 2.45) is 0 Å². The first kappa shape index (κ1) is 23.5. The van der Waals surface area contributed by atoms with Crippen molar-refractivity contribution in [2.75, 3.05) is 22.1 Å². The molecule has 2 aromatic rings. The van der Waals surface area contributed by atoms with Gasteiger partial charge in [-0.2, -0.15) is 16.8 Å². The number of nitrogens with one attached hydrogen (secondary N) is 2. The molecule has 11 heteroatoms. The van der Waals surface area contributed by atoms with E-state index in [-0.39, 0.29) is 23.0 Å². The van der Waals surface area contributed by atoms with E-state index in [4.69, 9.17) is 8.37 Å². The molecule has 0 spiro atoms. The van der Waals surface area contributed by atoms with Crippen molar-refractivity contribution in [1.82, 2.24) is 0 Å². The summed E-state index contributed by atoms with van der Waals surface area (Å²) in [5.41, 5.74) is 1.97. The molecule has 164 valence electrons. The predicted octanol–water partition coefficient (Wildman–Crippen LogP) is 3.40. The zero-order valence-corrected chi connectivity index (χ0v) is 18.7. The number of carbonyl (C=O) groups is 1. The number of benzene rings is 2. The molecule has 0 aliphatic rings. The fourth-order valence-electron chi connectivity index (χ4n) is 2.33. The zero-order chi connectivity index (χ0) is 22.5. The smallest absolute Gasteiger partial charge is 0.323 e. The van der Waals surface area contributed by atoms with Crippen molar-refractivity contribution in [1.29, 1.82) is 0 Å². The number of urea groups is 1. The summed E-state index contributed by atoms with van der Waals surface area (Å²) in [6.45, 7) is 6.29. The maximum atomic E-state index is 12.2. The Hall–Kier alpha value is -2.79. The van der Waals surface area contributed by atoms with Crippen LogP contribution in [-0.4, -0.2) is 34.4 Å². The van der Waals surface area contributed by atoms with Gasteiger partial charge in [-0.15, -0.1) is 0 Å². The average Bonchev–Trinajstić information content (AvgIpc) is 2.66. The molecule has 0 heterocycles. The molecule has 0 aliphatic heterocycles. The normalized spacial score (nSPS) is 11.6. The van der Waals surface area contributed by atoms with Crippen LogP contribution >= 0.6 is 0 Å². The second-order valence-corrected chi connectivity index (χ2v) is 10.1. The molecule has 0 unspecified atom stereocenters. The van der Waals surface area contributed by atoms with Crippen molar-refractivity contribution in [3.63, 3.8) is 0 Å². The minimum Gasteiger partial charge on any atom is -0.382 e. The maximum absolute atomic E-state index is 12.2. The van der Waals surface area contributed by atoms with Crippen LogP contribution in [0.4, 0.5) is 16.2 Å². The molecule has 0 radical (unpaired) electrons. The highest BCUT2D eigenvalue weighted by Gasteiger charge is 2.14. The Kier molecular flexibility index (Phi) is 7.32. The topological polar surface area (TPSA) is 128 Å². The molecule has 0 saturated heterocycles. The van der Waals surface area contributed by atoms with Gasteiger partial charge in [-0.05, 0) is 75.2 Å². The van der Waals surface area contributed by atoms with Crippen molar-refractivity contribution in [2.45, 2.75) is 27.7 Å². The van der Waals surface area contributed by atoms with Crippen molar-refractivity contribution < 1.29 is 30.0 Å². The molecule has 9 nitrogen and oxygen atoms in total. The van der Waals surface area contributed by atoms with E-state index in [1.807, 2.05) is 0 Å². The molecule has 0 bridgehead atoms. The summed E-state index contributed by atoms with van der Waals surface area (Å²) < 4.78 is 56.3. The third kappa shape index (κ3) is 6.63. The first-order chi connectivity index (χ1) is 13.9. The lowest BCUT2D eigenvalue weighted by Crippen LogP contribution is -2.19. The summed E-state index contributed by atoms with van der Waals surface area (Å²) in [4.78, 5) is 12.2. The average molecular weight is 457 g/mol. The summed E-state index contributed by atoms with van der Waals surface area (Å²) in [7, 11) is -7.28. The van der Waals surface area contributed by atoms with Gasteiger partial charge in [-0.25, -0.2) is 4.79 Å². The van der Waals surface area contributed by atoms with Crippen molar-refractivity contribution in [3.05, 3.63) is 47.5 Å². The molecule has 2 aromatic carbocycles. The first-order valence-electron chi connectivity index (χ1n) is 9.08. The Bertz CT molecular complexity index is 1050. The number of hydrogen-bond donors (Lipinski definition) is 2. The molecule has 2 amide bonds. The van der Waals surface area contributed by atoms with E-state index >= 15 is 0 Å². The third-order valence-corrected chi connectivity index (χ3v) is 6.29. The van der Waals surface area contributed by atoms with Crippen LogP contribution in [0.15, 0.2) is 36.4 Å². The van der Waals surface area contributed by atoms with Crippen LogP contribution in [0.3, 0.4) is 0 Å². The van der Waals surface area contributed by atoms with Crippen LogP contribution in [-0.2, 0) is 20.2 Å². The van der Waals surface area contributed by atoms with Gasteiger partial charge < -0.3 is 19.0 Å². The van der Waals surface area contributed by atoms with Gasteiger partial charge in [0.05, 0.1) is 11.5 Å². The number of anilines is 2. The maximum Gasteiger partial charge on any atom is 0.323 e. The molecular formula is C19H24N2O7S2. The Labute approximate surface area is 176 Å².